The summed E-state index contributed by atoms with van der Waals surface area (Å²) in [7, 11) is 0. The van der Waals surface area contributed by atoms with Crippen molar-refractivity contribution in [1.29, 1.82) is 5.26 Å². The molecular formula is C21H18N6OS. The number of rotatable bonds is 6. The predicted octanol–water partition coefficient (Wildman–Crippen LogP) is 4.33. The zero-order valence-electron chi connectivity index (χ0n) is 15.4. The molecule has 7 nitrogen and oxygen atoms in total. The molecule has 0 bridgehead atoms. The molecule has 0 radical (unpaired) electrons. The van der Waals surface area contributed by atoms with Crippen LogP contribution in [0.15, 0.2) is 64.5 Å². The summed E-state index contributed by atoms with van der Waals surface area (Å²) in [4.78, 5) is 13.0. The monoisotopic (exact) mass is 402 g/mol. The fraction of sp³-hybridized carbons (Fsp3) is 0.190. The van der Waals surface area contributed by atoms with Gasteiger partial charge in [-0.05, 0) is 49.1 Å². The first-order valence-electron chi connectivity index (χ1n) is 9.35. The molecule has 0 saturated heterocycles. The van der Waals surface area contributed by atoms with E-state index in [0.29, 0.717) is 23.5 Å². The Kier molecular flexibility index (Phi) is 4.68. The predicted molar refractivity (Wildman–Crippen MR) is 112 cm³/mol. The number of anilines is 1. The molecule has 1 aliphatic rings. The summed E-state index contributed by atoms with van der Waals surface area (Å²) in [6.45, 7) is 0. The first kappa shape index (κ1) is 17.8. The number of oxazole rings is 1. The molecule has 29 heavy (non-hydrogen) atoms. The van der Waals surface area contributed by atoms with Crippen molar-refractivity contribution in [3.63, 3.8) is 0 Å². The minimum Gasteiger partial charge on any atom is -0.444 e. The topological polar surface area (TPSA) is 103 Å². The Morgan fingerprint density at radius 1 is 1.21 bits per heavy atom. The van der Waals surface area contributed by atoms with Crippen LogP contribution in [0.4, 0.5) is 5.69 Å². The zero-order chi connectivity index (χ0) is 19.6. The number of aromatic nitrogens is 3. The molecule has 0 spiro atoms. The van der Waals surface area contributed by atoms with Gasteiger partial charge in [-0.1, -0.05) is 6.07 Å². The molecular weight excluding hydrogens is 384 g/mol. The lowest BCUT2D eigenvalue weighted by Crippen LogP contribution is -2.45. The Morgan fingerprint density at radius 2 is 2.14 bits per heavy atom. The van der Waals surface area contributed by atoms with Crippen molar-refractivity contribution in [3.05, 3.63) is 60.7 Å². The largest absolute Gasteiger partial charge is 0.444 e. The van der Waals surface area contributed by atoms with Gasteiger partial charge < -0.3 is 14.7 Å². The SMILES string of the molecule is N#Cc1cccc(SNC2CC(Nc3c(-c4ncco4)cnc4[nH]ccc34)C2)c1. The summed E-state index contributed by atoms with van der Waals surface area (Å²) >= 11 is 1.58. The van der Waals surface area contributed by atoms with E-state index in [2.05, 4.69) is 31.1 Å². The van der Waals surface area contributed by atoms with Crippen molar-refractivity contribution >= 4 is 28.7 Å². The van der Waals surface area contributed by atoms with E-state index < -0.39 is 0 Å². The van der Waals surface area contributed by atoms with Gasteiger partial charge in [0.1, 0.15) is 11.9 Å². The lowest BCUT2D eigenvalue weighted by molar-refractivity contribution is 0.355. The molecule has 1 aliphatic carbocycles. The normalized spacial score (nSPS) is 18.3. The molecule has 144 valence electrons. The van der Waals surface area contributed by atoms with E-state index in [9.17, 15) is 0 Å². The molecule has 3 N–H and O–H groups in total. The number of nitrogens with one attached hydrogen (secondary N) is 3. The van der Waals surface area contributed by atoms with Crippen LogP contribution in [0.5, 0.6) is 0 Å². The average Bonchev–Trinajstić information content (AvgIpc) is 3.41. The molecule has 0 unspecified atom stereocenters. The lowest BCUT2D eigenvalue weighted by atomic mass is 9.87. The highest BCUT2D eigenvalue weighted by molar-refractivity contribution is 7.97. The van der Waals surface area contributed by atoms with Crippen LogP contribution >= 0.6 is 11.9 Å². The highest BCUT2D eigenvalue weighted by Crippen LogP contribution is 2.36. The van der Waals surface area contributed by atoms with E-state index in [1.165, 1.54) is 0 Å². The zero-order valence-corrected chi connectivity index (χ0v) is 16.2. The number of pyridine rings is 1. The molecule has 0 aliphatic heterocycles. The van der Waals surface area contributed by atoms with Crippen molar-refractivity contribution in [2.24, 2.45) is 0 Å². The summed E-state index contributed by atoms with van der Waals surface area (Å²) < 4.78 is 9.00. The third-order valence-electron chi connectivity index (χ3n) is 5.04. The van der Waals surface area contributed by atoms with Gasteiger partial charge in [-0.15, -0.1) is 0 Å². The second kappa shape index (κ2) is 7.62. The maximum Gasteiger partial charge on any atom is 0.229 e. The Hall–Kier alpha value is -3.28. The highest BCUT2D eigenvalue weighted by atomic mass is 32.2. The average molecular weight is 402 g/mol. The molecule has 5 rings (SSSR count). The third kappa shape index (κ3) is 3.58. The van der Waals surface area contributed by atoms with Crippen molar-refractivity contribution in [2.45, 2.75) is 29.8 Å². The van der Waals surface area contributed by atoms with Crippen molar-refractivity contribution in [1.82, 2.24) is 19.7 Å². The van der Waals surface area contributed by atoms with Gasteiger partial charge in [0, 0.05) is 34.8 Å². The Morgan fingerprint density at radius 3 is 2.97 bits per heavy atom. The van der Waals surface area contributed by atoms with E-state index in [1.807, 2.05) is 36.5 Å². The fourth-order valence-corrected chi connectivity index (χ4v) is 4.33. The van der Waals surface area contributed by atoms with Crippen molar-refractivity contribution in [2.75, 3.05) is 5.32 Å². The van der Waals surface area contributed by atoms with Crippen LogP contribution in [0.2, 0.25) is 0 Å². The van der Waals surface area contributed by atoms with Crippen molar-refractivity contribution < 1.29 is 4.42 Å². The van der Waals surface area contributed by atoms with Gasteiger partial charge in [0.05, 0.1) is 29.1 Å². The number of H-pyrrole nitrogens is 1. The van der Waals surface area contributed by atoms with E-state index in [4.69, 9.17) is 9.68 Å². The Balaban J connectivity index is 1.26. The number of aromatic amines is 1. The maximum atomic E-state index is 9.02. The van der Waals surface area contributed by atoms with Crippen LogP contribution in [0.25, 0.3) is 22.5 Å². The maximum absolute atomic E-state index is 9.02. The molecule has 3 aromatic heterocycles. The van der Waals surface area contributed by atoms with Gasteiger partial charge >= 0.3 is 0 Å². The number of fused-ring (bicyclic) bond motifs is 1. The summed E-state index contributed by atoms with van der Waals surface area (Å²) in [6, 6.07) is 12.6. The van der Waals surface area contributed by atoms with Crippen LogP contribution in [0.1, 0.15) is 18.4 Å². The van der Waals surface area contributed by atoms with Gasteiger partial charge in [-0.3, -0.25) is 4.72 Å². The molecule has 0 atom stereocenters. The van der Waals surface area contributed by atoms with Crippen LogP contribution in [0.3, 0.4) is 0 Å². The number of hydrogen-bond acceptors (Lipinski definition) is 7. The number of nitrogens with zero attached hydrogens (tertiary/aromatic N) is 3. The van der Waals surface area contributed by atoms with Crippen LogP contribution in [-0.4, -0.2) is 27.0 Å². The quantitative estimate of drug-likeness (QED) is 0.413. The summed E-state index contributed by atoms with van der Waals surface area (Å²) in [5.41, 5.74) is 3.37. The summed E-state index contributed by atoms with van der Waals surface area (Å²) in [5.74, 6) is 0.560. The highest BCUT2D eigenvalue weighted by Gasteiger charge is 2.30. The molecule has 1 saturated carbocycles. The Labute approximate surface area is 171 Å². The third-order valence-corrected chi connectivity index (χ3v) is 5.98. The van der Waals surface area contributed by atoms with Crippen LogP contribution in [-0.2, 0) is 0 Å². The first-order chi connectivity index (χ1) is 14.3. The minimum atomic E-state index is 0.354. The molecule has 1 fully saturated rings. The van der Waals surface area contributed by atoms with Crippen molar-refractivity contribution in [3.8, 4) is 17.5 Å². The molecule has 3 heterocycles. The smallest absolute Gasteiger partial charge is 0.229 e. The second-order valence-corrected chi connectivity index (χ2v) is 7.90. The standard InChI is InChI=1S/C21H18N6OS/c22-11-13-2-1-3-16(8-13)29-27-15-9-14(10-15)26-19-17-4-5-23-20(17)25-12-18(19)21-24-6-7-28-21/h1-8,12,14-15,27H,9-10H2,(H2,23,25,26). The fourth-order valence-electron chi connectivity index (χ4n) is 3.50. The number of nitriles is 1. The molecule has 8 heteroatoms. The van der Waals surface area contributed by atoms with E-state index >= 15 is 0 Å². The van der Waals surface area contributed by atoms with Gasteiger partial charge in [-0.2, -0.15) is 5.26 Å². The van der Waals surface area contributed by atoms with E-state index in [-0.39, 0.29) is 0 Å². The lowest BCUT2D eigenvalue weighted by Gasteiger charge is -2.37. The summed E-state index contributed by atoms with van der Waals surface area (Å²) in [5, 5.41) is 13.7. The summed E-state index contributed by atoms with van der Waals surface area (Å²) in [6.07, 6.45) is 8.90. The van der Waals surface area contributed by atoms with Crippen LogP contribution in [0, 0.1) is 11.3 Å². The van der Waals surface area contributed by atoms with Gasteiger partial charge in [0.25, 0.3) is 0 Å². The minimum absolute atomic E-state index is 0.354. The number of hydrogen-bond donors (Lipinski definition) is 3. The molecule has 1 aromatic carbocycles. The van der Waals surface area contributed by atoms with Gasteiger partial charge in [0.15, 0.2) is 0 Å². The van der Waals surface area contributed by atoms with E-state index in [0.717, 1.165) is 40.0 Å². The van der Waals surface area contributed by atoms with Crippen LogP contribution < -0.4 is 10.0 Å². The van der Waals surface area contributed by atoms with E-state index in [1.54, 1.807) is 30.6 Å². The first-order valence-corrected chi connectivity index (χ1v) is 10.2. The Bertz CT molecular complexity index is 1170. The number of benzene rings is 1. The second-order valence-electron chi connectivity index (χ2n) is 6.99. The van der Waals surface area contributed by atoms with Gasteiger partial charge in [-0.25, -0.2) is 9.97 Å². The molecule has 0 amide bonds. The van der Waals surface area contributed by atoms with Gasteiger partial charge in [0.2, 0.25) is 5.89 Å². The molecule has 4 aromatic rings.